The van der Waals surface area contributed by atoms with Crippen LogP contribution in [0.4, 0.5) is 4.79 Å². The highest BCUT2D eigenvalue weighted by molar-refractivity contribution is 6.10. The van der Waals surface area contributed by atoms with Crippen LogP contribution in [0.3, 0.4) is 0 Å². The number of methoxy groups -OCH3 is 3. The number of nitrogens with zero attached hydrogens (tertiary/aromatic N) is 2. The minimum Gasteiger partial charge on any atom is -0.496 e. The molecule has 1 fully saturated rings. The maximum atomic E-state index is 13.4. The Morgan fingerprint density at radius 2 is 1.75 bits per heavy atom. The fourth-order valence-corrected chi connectivity index (χ4v) is 5.41. The van der Waals surface area contributed by atoms with Crippen molar-refractivity contribution >= 4 is 23.4 Å². The number of rotatable bonds is 6. The summed E-state index contributed by atoms with van der Waals surface area (Å²) in [6, 6.07) is 10.7. The zero-order valence-electron chi connectivity index (χ0n) is 20.6. The summed E-state index contributed by atoms with van der Waals surface area (Å²) in [5, 5.41) is 2.87. The normalized spacial score (nSPS) is 20.8. The Morgan fingerprint density at radius 1 is 1.03 bits per heavy atom. The van der Waals surface area contributed by atoms with Gasteiger partial charge in [0.05, 0.1) is 26.9 Å². The predicted octanol–water partition coefficient (Wildman–Crippen LogP) is 2.72. The van der Waals surface area contributed by atoms with Crippen molar-refractivity contribution in [2.24, 2.45) is 0 Å². The van der Waals surface area contributed by atoms with Gasteiger partial charge in [0.25, 0.3) is 5.91 Å². The van der Waals surface area contributed by atoms with E-state index in [1.807, 2.05) is 30.3 Å². The third-order valence-electron chi connectivity index (χ3n) is 7.31. The molecule has 1 N–H and O–H groups in total. The van der Waals surface area contributed by atoms with E-state index >= 15 is 0 Å². The van der Waals surface area contributed by atoms with Gasteiger partial charge in [-0.3, -0.25) is 14.5 Å². The van der Waals surface area contributed by atoms with Crippen molar-refractivity contribution in [1.29, 1.82) is 0 Å². The van der Waals surface area contributed by atoms with E-state index in [0.717, 1.165) is 27.2 Å². The van der Waals surface area contributed by atoms with Crippen LogP contribution in [0, 0.1) is 0 Å². The number of carbonyl (C=O) groups is 3. The fourth-order valence-electron chi connectivity index (χ4n) is 5.41. The molecule has 188 valence electrons. The number of imide groups is 1. The molecule has 1 spiro atoms. The van der Waals surface area contributed by atoms with Crippen LogP contribution >= 0.6 is 0 Å². The highest BCUT2D eigenvalue weighted by atomic mass is 16.5. The van der Waals surface area contributed by atoms with Gasteiger partial charge >= 0.3 is 6.03 Å². The Morgan fingerprint density at radius 3 is 2.39 bits per heavy atom. The second kappa shape index (κ2) is 9.22. The van der Waals surface area contributed by atoms with E-state index in [1.54, 1.807) is 38.4 Å². The van der Waals surface area contributed by atoms with Crippen LogP contribution in [-0.2, 0) is 21.5 Å². The van der Waals surface area contributed by atoms with Gasteiger partial charge in [0, 0.05) is 25.2 Å². The molecule has 2 aromatic carbocycles. The molecule has 2 aliphatic heterocycles. The molecule has 9 heteroatoms. The van der Waals surface area contributed by atoms with Crippen molar-refractivity contribution in [2.45, 2.75) is 24.8 Å². The van der Waals surface area contributed by atoms with Gasteiger partial charge < -0.3 is 24.4 Å². The zero-order chi connectivity index (χ0) is 25.4. The molecule has 1 unspecified atom stereocenters. The molecule has 5 rings (SSSR count). The van der Waals surface area contributed by atoms with Crippen molar-refractivity contribution in [2.75, 3.05) is 41.0 Å². The first-order chi connectivity index (χ1) is 17.4. The van der Waals surface area contributed by atoms with Gasteiger partial charge in [0.2, 0.25) is 5.91 Å². The lowest BCUT2D eigenvalue weighted by molar-refractivity contribution is -0.139. The highest BCUT2D eigenvalue weighted by Crippen LogP contribution is 2.42. The van der Waals surface area contributed by atoms with Crippen molar-refractivity contribution in [1.82, 2.24) is 15.1 Å². The fraction of sp³-hybridized carbons (Fsp3) is 0.370. The van der Waals surface area contributed by atoms with Crippen LogP contribution in [0.1, 0.15) is 29.5 Å². The van der Waals surface area contributed by atoms with Gasteiger partial charge in [-0.15, -0.1) is 0 Å². The van der Waals surface area contributed by atoms with E-state index in [2.05, 4.69) is 5.32 Å². The number of carbonyl (C=O) groups excluding carboxylic acids is 3. The van der Waals surface area contributed by atoms with Crippen LogP contribution in [-0.4, -0.2) is 68.6 Å². The molecular formula is C27H29N3O6. The van der Waals surface area contributed by atoms with E-state index in [9.17, 15) is 14.4 Å². The summed E-state index contributed by atoms with van der Waals surface area (Å²) in [6.45, 7) is 0.512. The topological polar surface area (TPSA) is 97.4 Å². The van der Waals surface area contributed by atoms with Gasteiger partial charge in [0.15, 0.2) is 0 Å². The number of hydrogen-bond acceptors (Lipinski definition) is 6. The lowest BCUT2D eigenvalue weighted by Crippen LogP contribution is -2.45. The van der Waals surface area contributed by atoms with E-state index in [1.165, 1.54) is 0 Å². The Balaban J connectivity index is 1.31. The zero-order valence-corrected chi connectivity index (χ0v) is 20.6. The molecule has 4 amide bonds. The highest BCUT2D eigenvalue weighted by Gasteiger charge is 2.55. The quantitative estimate of drug-likeness (QED) is 0.624. The summed E-state index contributed by atoms with van der Waals surface area (Å²) in [6.07, 6.45) is 3.74. The number of urea groups is 1. The first kappa shape index (κ1) is 23.7. The summed E-state index contributed by atoms with van der Waals surface area (Å²) in [5.74, 6) is 1.24. The largest absolute Gasteiger partial charge is 0.496 e. The van der Waals surface area contributed by atoms with Gasteiger partial charge in [-0.25, -0.2) is 4.79 Å². The number of amides is 4. The van der Waals surface area contributed by atoms with Crippen molar-refractivity contribution < 1.29 is 28.6 Å². The molecular weight excluding hydrogens is 462 g/mol. The molecule has 36 heavy (non-hydrogen) atoms. The van der Waals surface area contributed by atoms with Crippen molar-refractivity contribution in [3.63, 3.8) is 0 Å². The van der Waals surface area contributed by atoms with Crippen molar-refractivity contribution in [3.8, 4) is 17.2 Å². The molecule has 0 saturated carbocycles. The Kier molecular flexibility index (Phi) is 6.07. The molecule has 2 heterocycles. The maximum absolute atomic E-state index is 13.4. The van der Waals surface area contributed by atoms with E-state index in [0.29, 0.717) is 49.6 Å². The SMILES string of the molecule is COc1cc(OC)c(C2=CCN(C(=O)CN3C(=O)NC4(CCc5ccccc54)C3=O)CC2)c(OC)c1. The van der Waals surface area contributed by atoms with Gasteiger partial charge in [0.1, 0.15) is 29.3 Å². The predicted molar refractivity (Wildman–Crippen MR) is 132 cm³/mol. The monoisotopic (exact) mass is 491 g/mol. The van der Waals surface area contributed by atoms with Crippen LogP contribution in [0.15, 0.2) is 42.5 Å². The van der Waals surface area contributed by atoms with E-state index < -0.39 is 11.6 Å². The smallest absolute Gasteiger partial charge is 0.325 e. The second-order valence-electron chi connectivity index (χ2n) is 9.11. The Labute approximate surface area is 209 Å². The minimum atomic E-state index is -1.07. The molecule has 3 aliphatic rings. The number of nitrogens with one attached hydrogen (secondary N) is 1. The average Bonchev–Trinajstić information content (AvgIpc) is 3.40. The van der Waals surface area contributed by atoms with Gasteiger partial charge in [-0.1, -0.05) is 30.3 Å². The molecule has 0 aromatic heterocycles. The summed E-state index contributed by atoms with van der Waals surface area (Å²) in [4.78, 5) is 42.0. The summed E-state index contributed by atoms with van der Waals surface area (Å²) >= 11 is 0. The number of benzene rings is 2. The first-order valence-electron chi connectivity index (χ1n) is 11.9. The molecule has 0 bridgehead atoms. The van der Waals surface area contributed by atoms with Crippen LogP contribution in [0.2, 0.25) is 0 Å². The summed E-state index contributed by atoms with van der Waals surface area (Å²) < 4.78 is 16.5. The molecule has 9 nitrogen and oxygen atoms in total. The van der Waals surface area contributed by atoms with Crippen molar-refractivity contribution in [3.05, 3.63) is 59.2 Å². The van der Waals surface area contributed by atoms with Gasteiger partial charge in [-0.2, -0.15) is 0 Å². The molecule has 2 aromatic rings. The third-order valence-corrected chi connectivity index (χ3v) is 7.31. The van der Waals surface area contributed by atoms with E-state index in [-0.39, 0.29) is 18.4 Å². The van der Waals surface area contributed by atoms with Crippen LogP contribution < -0.4 is 19.5 Å². The third kappa shape index (κ3) is 3.75. The maximum Gasteiger partial charge on any atom is 0.325 e. The molecule has 1 saturated heterocycles. The van der Waals surface area contributed by atoms with Crippen LogP contribution in [0.5, 0.6) is 17.2 Å². The first-order valence-corrected chi connectivity index (χ1v) is 11.9. The van der Waals surface area contributed by atoms with E-state index in [4.69, 9.17) is 14.2 Å². The molecule has 1 atom stereocenters. The van der Waals surface area contributed by atoms with Crippen LogP contribution in [0.25, 0.3) is 5.57 Å². The minimum absolute atomic E-state index is 0.272. The summed E-state index contributed by atoms with van der Waals surface area (Å²) in [5.41, 5.74) is 2.63. The van der Waals surface area contributed by atoms with Gasteiger partial charge in [-0.05, 0) is 36.0 Å². The second-order valence-corrected chi connectivity index (χ2v) is 9.11. The standard InChI is InChI=1S/C27H29N3O6/c1-34-19-14-21(35-2)24(22(15-19)36-3)18-9-12-29(13-10-18)23(31)16-30-25(32)27(28-26(30)33)11-8-17-6-4-5-7-20(17)27/h4-7,9,14-15H,8,10-13,16H2,1-3H3,(H,28,33). The number of fused-ring (bicyclic) bond motifs is 2. The number of ether oxygens (including phenoxy) is 3. The summed E-state index contributed by atoms with van der Waals surface area (Å²) in [7, 11) is 4.75. The lowest BCUT2D eigenvalue weighted by atomic mass is 9.92. The molecule has 0 radical (unpaired) electrons. The molecule has 1 aliphatic carbocycles. The Bertz CT molecular complexity index is 1250. The number of hydrogen-bond donors (Lipinski definition) is 1. The average molecular weight is 492 g/mol. The lowest BCUT2D eigenvalue weighted by Gasteiger charge is -2.29. The number of aryl methyl sites for hydroxylation is 1. The Hall–Kier alpha value is -4.01.